The summed E-state index contributed by atoms with van der Waals surface area (Å²) in [5.41, 5.74) is 2.94. The van der Waals surface area contributed by atoms with Gasteiger partial charge in [-0.15, -0.1) is 11.3 Å². The van der Waals surface area contributed by atoms with Gasteiger partial charge in [0, 0.05) is 24.2 Å². The van der Waals surface area contributed by atoms with Crippen molar-refractivity contribution >= 4 is 43.2 Å². The maximum atomic E-state index is 13.8. The van der Waals surface area contributed by atoms with Gasteiger partial charge in [-0.3, -0.25) is 4.98 Å². The van der Waals surface area contributed by atoms with Crippen molar-refractivity contribution in [1.29, 1.82) is 0 Å². The van der Waals surface area contributed by atoms with Crippen LogP contribution in [0.3, 0.4) is 0 Å². The second kappa shape index (κ2) is 11.9. The van der Waals surface area contributed by atoms with Crippen LogP contribution in [0, 0.1) is 30.4 Å². The number of aliphatic hydroxyl groups excluding tert-OH is 2. The minimum Gasteiger partial charge on any atom is -0.390 e. The summed E-state index contributed by atoms with van der Waals surface area (Å²) in [6.45, 7) is 5.95. The fraction of sp³-hybridized carbons (Fsp3) is 0.467. The van der Waals surface area contributed by atoms with Crippen molar-refractivity contribution < 1.29 is 27.4 Å². The molecule has 2 aliphatic rings. The molecule has 4 N–H and O–H groups in total. The number of aliphatic hydroxyl groups is 2. The van der Waals surface area contributed by atoms with Crippen molar-refractivity contribution in [1.82, 2.24) is 19.9 Å². The number of nitrogens with one attached hydrogen (secondary N) is 2. The van der Waals surface area contributed by atoms with E-state index in [1.165, 1.54) is 11.3 Å². The predicted octanol–water partition coefficient (Wildman–Crippen LogP) is 4.50. The average Bonchev–Trinajstić information content (AvgIpc) is 3.68. The number of aromatic nitrogens is 4. The topological polar surface area (TPSA) is 150 Å². The Morgan fingerprint density at radius 2 is 1.82 bits per heavy atom. The Morgan fingerprint density at radius 1 is 1.09 bits per heavy atom. The lowest BCUT2D eigenvalue weighted by molar-refractivity contribution is 0.0216. The van der Waals surface area contributed by atoms with Crippen LogP contribution in [0.1, 0.15) is 44.5 Å². The summed E-state index contributed by atoms with van der Waals surface area (Å²) in [7, 11) is -4.17. The number of pyridine rings is 1. The molecule has 14 heteroatoms. The fourth-order valence-electron chi connectivity index (χ4n) is 5.88. The zero-order valence-electron chi connectivity index (χ0n) is 24.5. The normalized spacial score (nSPS) is 22.8. The zero-order valence-corrected chi connectivity index (χ0v) is 26.1. The first-order valence-corrected chi connectivity index (χ1v) is 17.1. The second-order valence-corrected chi connectivity index (χ2v) is 14.8. The molecule has 44 heavy (non-hydrogen) atoms. The van der Waals surface area contributed by atoms with Crippen LogP contribution in [0.4, 0.5) is 20.5 Å². The third kappa shape index (κ3) is 6.12. The van der Waals surface area contributed by atoms with E-state index < -0.39 is 56.3 Å². The summed E-state index contributed by atoms with van der Waals surface area (Å²) in [4.78, 5) is 18.3. The van der Waals surface area contributed by atoms with Gasteiger partial charge in [0.1, 0.15) is 34.1 Å². The number of thiazole rings is 1. The van der Waals surface area contributed by atoms with Crippen LogP contribution in [0.25, 0.3) is 20.8 Å². The SMILES string of the molecule is CCc1nccc2sc(-c3c(C)nc(N[C@H](C)C4CC4)nc3N[C@@H]3C[C@H](CS(=O)(=O)c4cc(F)cc(F)c4)[C@@H](O)[C@H]3O)nc12. The molecule has 2 saturated carbocycles. The quantitative estimate of drug-likeness (QED) is 0.194. The molecule has 234 valence electrons. The Morgan fingerprint density at radius 3 is 2.50 bits per heavy atom. The monoisotopic (exact) mass is 644 g/mol. The number of rotatable bonds is 10. The minimum absolute atomic E-state index is 0.0623. The maximum Gasteiger partial charge on any atom is 0.225 e. The highest BCUT2D eigenvalue weighted by Gasteiger charge is 2.44. The van der Waals surface area contributed by atoms with Gasteiger partial charge < -0.3 is 20.8 Å². The molecule has 5 atom stereocenters. The minimum atomic E-state index is -4.17. The van der Waals surface area contributed by atoms with Gasteiger partial charge in [-0.1, -0.05) is 6.92 Å². The summed E-state index contributed by atoms with van der Waals surface area (Å²) in [6, 6.07) is 3.37. The standard InChI is InChI=1S/C30H34F2N6O4S2/c1-4-21-25-23(7-8-33-21)43-29(37-25)24-15(3)35-30(34-14(2)16-5-6-16)38-28(24)36-22-9-17(26(39)27(22)40)13-44(41,42)20-11-18(31)10-19(32)12-20/h7-8,10-12,14,16-17,22,26-27,39-40H,4-6,9,13H2,1-3H3,(H2,34,35,36,38)/t14-,17-,22-,26-,27+/m1/s1. The molecule has 0 spiro atoms. The molecule has 0 bridgehead atoms. The molecule has 0 aliphatic heterocycles. The van der Waals surface area contributed by atoms with E-state index in [4.69, 9.17) is 15.0 Å². The highest BCUT2D eigenvalue weighted by molar-refractivity contribution is 7.91. The van der Waals surface area contributed by atoms with E-state index in [2.05, 4.69) is 22.5 Å². The second-order valence-electron chi connectivity index (χ2n) is 11.7. The van der Waals surface area contributed by atoms with Gasteiger partial charge in [0.2, 0.25) is 5.95 Å². The Bertz CT molecular complexity index is 1800. The average molecular weight is 645 g/mol. The van der Waals surface area contributed by atoms with E-state index in [0.29, 0.717) is 46.4 Å². The van der Waals surface area contributed by atoms with Gasteiger partial charge in [-0.2, -0.15) is 4.98 Å². The van der Waals surface area contributed by atoms with Crippen molar-refractivity contribution in [2.75, 3.05) is 16.4 Å². The van der Waals surface area contributed by atoms with Gasteiger partial charge in [-0.25, -0.2) is 27.2 Å². The van der Waals surface area contributed by atoms with Crippen LogP contribution < -0.4 is 10.6 Å². The summed E-state index contributed by atoms with van der Waals surface area (Å²) >= 11 is 1.47. The molecule has 3 aromatic heterocycles. The number of benzene rings is 1. The molecular weight excluding hydrogens is 610 g/mol. The van der Waals surface area contributed by atoms with E-state index in [1.807, 2.05) is 19.9 Å². The Balaban J connectivity index is 1.32. The summed E-state index contributed by atoms with van der Waals surface area (Å²) in [6.07, 6.45) is 2.05. The smallest absolute Gasteiger partial charge is 0.225 e. The number of hydrogen-bond donors (Lipinski definition) is 4. The highest BCUT2D eigenvalue weighted by Crippen LogP contribution is 2.40. The molecule has 0 radical (unpaired) electrons. The van der Waals surface area contributed by atoms with Gasteiger partial charge in [0.25, 0.3) is 0 Å². The lowest BCUT2D eigenvalue weighted by Gasteiger charge is -2.22. The molecule has 0 saturated heterocycles. The predicted molar refractivity (Wildman–Crippen MR) is 164 cm³/mol. The van der Waals surface area contributed by atoms with Crippen LogP contribution in [-0.4, -0.2) is 68.6 Å². The third-order valence-corrected chi connectivity index (χ3v) is 11.3. The molecule has 1 aromatic carbocycles. The van der Waals surface area contributed by atoms with Crippen molar-refractivity contribution in [3.05, 3.63) is 53.5 Å². The lowest BCUT2D eigenvalue weighted by atomic mass is 10.1. The van der Waals surface area contributed by atoms with E-state index in [9.17, 15) is 27.4 Å². The molecule has 0 unspecified atom stereocenters. The summed E-state index contributed by atoms with van der Waals surface area (Å²) in [5, 5.41) is 29.2. The van der Waals surface area contributed by atoms with E-state index in [1.54, 1.807) is 6.20 Å². The Hall–Kier alpha value is -3.33. The maximum absolute atomic E-state index is 13.8. The van der Waals surface area contributed by atoms with Crippen molar-refractivity contribution in [2.24, 2.45) is 11.8 Å². The molecule has 6 rings (SSSR count). The number of nitrogens with zero attached hydrogens (tertiary/aromatic N) is 4. The van der Waals surface area contributed by atoms with E-state index in [-0.39, 0.29) is 12.5 Å². The number of fused-ring (bicyclic) bond motifs is 1. The molecule has 0 amide bonds. The first-order valence-electron chi connectivity index (χ1n) is 14.6. The van der Waals surface area contributed by atoms with Crippen molar-refractivity contribution in [3.63, 3.8) is 0 Å². The molecule has 3 heterocycles. The fourth-order valence-corrected chi connectivity index (χ4v) is 8.64. The lowest BCUT2D eigenvalue weighted by Crippen LogP contribution is -2.36. The first-order chi connectivity index (χ1) is 20.9. The first kappa shape index (κ1) is 30.7. The largest absolute Gasteiger partial charge is 0.390 e. The zero-order chi connectivity index (χ0) is 31.3. The van der Waals surface area contributed by atoms with Gasteiger partial charge in [-0.05, 0) is 63.6 Å². The molecule has 4 aromatic rings. The Kier molecular flexibility index (Phi) is 8.28. The van der Waals surface area contributed by atoms with Crippen LogP contribution >= 0.6 is 11.3 Å². The highest BCUT2D eigenvalue weighted by atomic mass is 32.2. The van der Waals surface area contributed by atoms with Crippen LogP contribution in [0.15, 0.2) is 35.4 Å². The Labute approximate surface area is 257 Å². The third-order valence-electron chi connectivity index (χ3n) is 8.46. The van der Waals surface area contributed by atoms with Crippen molar-refractivity contribution in [3.8, 4) is 10.6 Å². The number of aryl methyl sites for hydroxylation is 2. The molecule has 2 fully saturated rings. The van der Waals surface area contributed by atoms with Crippen LogP contribution in [-0.2, 0) is 16.3 Å². The van der Waals surface area contributed by atoms with Crippen LogP contribution in [0.2, 0.25) is 0 Å². The number of hydrogen-bond acceptors (Lipinski definition) is 11. The van der Waals surface area contributed by atoms with E-state index in [0.717, 1.165) is 40.9 Å². The summed E-state index contributed by atoms with van der Waals surface area (Å²) < 4.78 is 54.6. The number of anilines is 2. The van der Waals surface area contributed by atoms with Gasteiger partial charge >= 0.3 is 0 Å². The molecular formula is C30H34F2N6O4S2. The molecule has 10 nitrogen and oxygen atoms in total. The van der Waals surface area contributed by atoms with E-state index >= 15 is 0 Å². The summed E-state index contributed by atoms with van der Waals surface area (Å²) in [5.74, 6) is -2.19. The number of sulfone groups is 1. The van der Waals surface area contributed by atoms with Crippen molar-refractivity contribution in [2.45, 2.75) is 75.6 Å². The van der Waals surface area contributed by atoms with Gasteiger partial charge in [0.05, 0.1) is 44.4 Å². The van der Waals surface area contributed by atoms with Crippen LogP contribution in [0.5, 0.6) is 0 Å². The molecule has 2 aliphatic carbocycles. The number of halogens is 2. The van der Waals surface area contributed by atoms with Gasteiger partial charge in [0.15, 0.2) is 9.84 Å².